The SMILES string of the molecule is Cc1cccnc1C(=O)Cc1cccc(F)c1F. The zero-order chi connectivity index (χ0) is 13.1. The molecule has 0 aliphatic heterocycles. The minimum Gasteiger partial charge on any atom is -0.292 e. The van der Waals surface area contributed by atoms with Crippen molar-refractivity contribution in [1.29, 1.82) is 0 Å². The molecule has 1 heterocycles. The molecule has 18 heavy (non-hydrogen) atoms. The maximum Gasteiger partial charge on any atom is 0.185 e. The number of hydrogen-bond donors (Lipinski definition) is 0. The molecule has 0 bridgehead atoms. The number of aryl methyl sites for hydroxylation is 1. The molecule has 1 aromatic carbocycles. The number of halogens is 2. The fourth-order valence-electron chi connectivity index (χ4n) is 1.72. The second-order valence-electron chi connectivity index (χ2n) is 3.98. The molecule has 2 nitrogen and oxygen atoms in total. The summed E-state index contributed by atoms with van der Waals surface area (Å²) in [7, 11) is 0. The van der Waals surface area contributed by atoms with E-state index in [0.29, 0.717) is 5.69 Å². The molecule has 0 radical (unpaired) electrons. The fraction of sp³-hybridized carbons (Fsp3) is 0.143. The first-order valence-corrected chi connectivity index (χ1v) is 5.47. The first kappa shape index (κ1) is 12.4. The largest absolute Gasteiger partial charge is 0.292 e. The standard InChI is InChI=1S/C14H11F2NO/c1-9-4-3-7-17-14(9)12(18)8-10-5-2-6-11(15)13(10)16/h2-7H,8H2,1H3. The smallest absolute Gasteiger partial charge is 0.185 e. The molecule has 0 saturated heterocycles. The van der Waals surface area contributed by atoms with Crippen LogP contribution in [0.5, 0.6) is 0 Å². The van der Waals surface area contributed by atoms with E-state index in [2.05, 4.69) is 4.98 Å². The third-order valence-corrected chi connectivity index (χ3v) is 2.66. The summed E-state index contributed by atoms with van der Waals surface area (Å²) in [6.45, 7) is 1.75. The highest BCUT2D eigenvalue weighted by atomic mass is 19.2. The van der Waals surface area contributed by atoms with Crippen molar-refractivity contribution in [3.8, 4) is 0 Å². The monoisotopic (exact) mass is 247 g/mol. The highest BCUT2D eigenvalue weighted by Crippen LogP contribution is 2.14. The molecular formula is C14H11F2NO. The van der Waals surface area contributed by atoms with Gasteiger partial charge in [0.1, 0.15) is 5.69 Å². The van der Waals surface area contributed by atoms with Gasteiger partial charge in [-0.15, -0.1) is 0 Å². The van der Waals surface area contributed by atoms with Crippen LogP contribution in [0, 0.1) is 18.6 Å². The molecule has 92 valence electrons. The van der Waals surface area contributed by atoms with Gasteiger partial charge in [-0.3, -0.25) is 9.78 Å². The van der Waals surface area contributed by atoms with Crippen molar-refractivity contribution in [3.63, 3.8) is 0 Å². The summed E-state index contributed by atoms with van der Waals surface area (Å²) >= 11 is 0. The minimum atomic E-state index is -0.973. The summed E-state index contributed by atoms with van der Waals surface area (Å²) in [5.74, 6) is -2.24. The van der Waals surface area contributed by atoms with Gasteiger partial charge in [0, 0.05) is 12.6 Å². The third-order valence-electron chi connectivity index (χ3n) is 2.66. The second-order valence-corrected chi connectivity index (χ2v) is 3.98. The van der Waals surface area contributed by atoms with E-state index in [9.17, 15) is 13.6 Å². The van der Waals surface area contributed by atoms with E-state index < -0.39 is 11.6 Å². The molecule has 0 aliphatic carbocycles. The van der Waals surface area contributed by atoms with Crippen LogP contribution in [0.2, 0.25) is 0 Å². The van der Waals surface area contributed by atoms with E-state index in [4.69, 9.17) is 0 Å². The van der Waals surface area contributed by atoms with Gasteiger partial charge < -0.3 is 0 Å². The Morgan fingerprint density at radius 2 is 2.00 bits per heavy atom. The summed E-state index contributed by atoms with van der Waals surface area (Å²) < 4.78 is 26.4. The topological polar surface area (TPSA) is 30.0 Å². The Balaban J connectivity index is 2.27. The maximum absolute atomic E-state index is 13.4. The van der Waals surface area contributed by atoms with Crippen LogP contribution >= 0.6 is 0 Å². The quantitative estimate of drug-likeness (QED) is 0.780. The van der Waals surface area contributed by atoms with E-state index >= 15 is 0 Å². The van der Waals surface area contributed by atoms with Crippen molar-refractivity contribution in [1.82, 2.24) is 4.98 Å². The van der Waals surface area contributed by atoms with Gasteiger partial charge in [-0.25, -0.2) is 8.78 Å². The van der Waals surface area contributed by atoms with Gasteiger partial charge in [0.15, 0.2) is 17.4 Å². The molecule has 0 spiro atoms. The molecule has 0 saturated carbocycles. The average Bonchev–Trinajstić information content (AvgIpc) is 2.35. The van der Waals surface area contributed by atoms with E-state index in [-0.39, 0.29) is 17.8 Å². The first-order chi connectivity index (χ1) is 8.59. The van der Waals surface area contributed by atoms with Crippen LogP contribution in [0.3, 0.4) is 0 Å². The molecule has 0 fully saturated rings. The summed E-state index contributed by atoms with van der Waals surface area (Å²) in [6.07, 6.45) is 1.31. The normalized spacial score (nSPS) is 10.4. The number of hydrogen-bond acceptors (Lipinski definition) is 2. The van der Waals surface area contributed by atoms with Gasteiger partial charge in [-0.05, 0) is 30.2 Å². The summed E-state index contributed by atoms with van der Waals surface area (Å²) in [4.78, 5) is 15.9. The Hall–Kier alpha value is -2.10. The average molecular weight is 247 g/mol. The van der Waals surface area contributed by atoms with Crippen LogP contribution < -0.4 is 0 Å². The predicted molar refractivity (Wildman–Crippen MR) is 63.4 cm³/mol. The molecule has 0 aliphatic rings. The van der Waals surface area contributed by atoms with Crippen LogP contribution in [-0.2, 0) is 6.42 Å². The van der Waals surface area contributed by atoms with Crippen molar-refractivity contribution >= 4 is 5.78 Å². The Bertz CT molecular complexity index is 596. The second kappa shape index (κ2) is 5.04. The predicted octanol–water partition coefficient (Wildman–Crippen LogP) is 3.09. The number of carbonyl (C=O) groups is 1. The van der Waals surface area contributed by atoms with Gasteiger partial charge in [0.25, 0.3) is 0 Å². The number of carbonyl (C=O) groups excluding carboxylic acids is 1. The molecule has 0 unspecified atom stereocenters. The van der Waals surface area contributed by atoms with Crippen molar-refractivity contribution in [2.45, 2.75) is 13.3 Å². The molecule has 0 amide bonds. The Morgan fingerprint density at radius 1 is 1.22 bits per heavy atom. The Kier molecular flexibility index (Phi) is 3.46. The number of ketones is 1. The summed E-state index contributed by atoms with van der Waals surface area (Å²) in [5, 5.41) is 0. The zero-order valence-corrected chi connectivity index (χ0v) is 9.78. The van der Waals surface area contributed by atoms with Crippen LogP contribution in [0.25, 0.3) is 0 Å². The van der Waals surface area contributed by atoms with E-state index in [1.165, 1.54) is 18.3 Å². The lowest BCUT2D eigenvalue weighted by Crippen LogP contribution is -2.09. The lowest BCUT2D eigenvalue weighted by molar-refractivity contribution is 0.0986. The molecular weight excluding hydrogens is 236 g/mol. The van der Waals surface area contributed by atoms with Crippen LogP contribution in [0.1, 0.15) is 21.6 Å². The lowest BCUT2D eigenvalue weighted by atomic mass is 10.0. The molecule has 2 aromatic rings. The highest BCUT2D eigenvalue weighted by molar-refractivity contribution is 5.96. The zero-order valence-electron chi connectivity index (χ0n) is 9.78. The van der Waals surface area contributed by atoms with Crippen LogP contribution in [0.4, 0.5) is 8.78 Å². The summed E-state index contributed by atoms with van der Waals surface area (Å²) in [6, 6.07) is 7.27. The number of pyridine rings is 1. The Morgan fingerprint density at radius 3 is 2.72 bits per heavy atom. The molecule has 1 aromatic heterocycles. The van der Waals surface area contributed by atoms with Gasteiger partial charge in [-0.1, -0.05) is 18.2 Å². The number of aromatic nitrogens is 1. The van der Waals surface area contributed by atoms with Gasteiger partial charge >= 0.3 is 0 Å². The molecule has 0 N–H and O–H groups in total. The highest BCUT2D eigenvalue weighted by Gasteiger charge is 2.15. The molecule has 0 atom stereocenters. The molecule has 2 rings (SSSR count). The first-order valence-electron chi connectivity index (χ1n) is 5.47. The lowest BCUT2D eigenvalue weighted by Gasteiger charge is -2.05. The van der Waals surface area contributed by atoms with Crippen LogP contribution in [0.15, 0.2) is 36.5 Å². The fourth-order valence-corrected chi connectivity index (χ4v) is 1.72. The summed E-state index contributed by atoms with van der Waals surface area (Å²) in [5.41, 5.74) is 1.06. The van der Waals surface area contributed by atoms with Crippen molar-refractivity contribution in [2.24, 2.45) is 0 Å². The number of benzene rings is 1. The van der Waals surface area contributed by atoms with Gasteiger partial charge in [-0.2, -0.15) is 0 Å². The van der Waals surface area contributed by atoms with Crippen molar-refractivity contribution in [2.75, 3.05) is 0 Å². The van der Waals surface area contributed by atoms with Crippen molar-refractivity contribution in [3.05, 3.63) is 65.0 Å². The third kappa shape index (κ3) is 2.42. The minimum absolute atomic E-state index is 0.0463. The van der Waals surface area contributed by atoms with Gasteiger partial charge in [0.2, 0.25) is 0 Å². The van der Waals surface area contributed by atoms with E-state index in [1.54, 1.807) is 19.1 Å². The van der Waals surface area contributed by atoms with Gasteiger partial charge in [0.05, 0.1) is 0 Å². The van der Waals surface area contributed by atoms with E-state index in [0.717, 1.165) is 11.6 Å². The van der Waals surface area contributed by atoms with Crippen LogP contribution in [-0.4, -0.2) is 10.8 Å². The number of rotatable bonds is 3. The maximum atomic E-state index is 13.4. The molecule has 4 heteroatoms. The Labute approximate surface area is 103 Å². The number of nitrogens with zero attached hydrogens (tertiary/aromatic N) is 1. The van der Waals surface area contributed by atoms with Crippen molar-refractivity contribution < 1.29 is 13.6 Å². The van der Waals surface area contributed by atoms with E-state index in [1.807, 2.05) is 0 Å². The number of Topliss-reactive ketones (excluding diaryl/α,β-unsaturated/α-hetero) is 1.